The van der Waals surface area contributed by atoms with Crippen LogP contribution in [0.4, 0.5) is 0 Å². The monoisotopic (exact) mass is 338 g/mol. The SMILES string of the molecule is Cc1[nH]c(SCC(C)CS(C)(=O)=O)nc1Cc1ccccc1. The van der Waals surface area contributed by atoms with Crippen LogP contribution in [0.25, 0.3) is 0 Å². The predicted octanol–water partition coefficient (Wildman–Crippen LogP) is 3.08. The van der Waals surface area contributed by atoms with E-state index in [1.807, 2.05) is 32.0 Å². The van der Waals surface area contributed by atoms with Crippen LogP contribution in [0.15, 0.2) is 35.5 Å². The van der Waals surface area contributed by atoms with Gasteiger partial charge in [0.25, 0.3) is 0 Å². The number of hydrogen-bond donors (Lipinski definition) is 1. The Bertz CT molecular complexity index is 709. The van der Waals surface area contributed by atoms with Crippen molar-refractivity contribution in [3.63, 3.8) is 0 Å². The zero-order chi connectivity index (χ0) is 16.2. The molecule has 120 valence electrons. The number of benzene rings is 1. The molecule has 6 heteroatoms. The van der Waals surface area contributed by atoms with Crippen LogP contribution >= 0.6 is 11.8 Å². The first kappa shape index (κ1) is 17.1. The van der Waals surface area contributed by atoms with Crippen LogP contribution in [0.1, 0.15) is 23.9 Å². The Balaban J connectivity index is 1.95. The largest absolute Gasteiger partial charge is 0.337 e. The summed E-state index contributed by atoms with van der Waals surface area (Å²) in [5.74, 6) is 1.07. The van der Waals surface area contributed by atoms with Crippen molar-refractivity contribution in [3.8, 4) is 0 Å². The number of imidazole rings is 1. The van der Waals surface area contributed by atoms with E-state index < -0.39 is 9.84 Å². The van der Waals surface area contributed by atoms with Gasteiger partial charge in [0.05, 0.1) is 11.4 Å². The molecule has 1 aromatic heterocycles. The van der Waals surface area contributed by atoms with Crippen LogP contribution in [0.3, 0.4) is 0 Å². The van der Waals surface area contributed by atoms with Crippen molar-refractivity contribution in [2.24, 2.45) is 5.92 Å². The van der Waals surface area contributed by atoms with Crippen molar-refractivity contribution < 1.29 is 8.42 Å². The lowest BCUT2D eigenvalue weighted by molar-refractivity contribution is 0.589. The maximum absolute atomic E-state index is 11.3. The third kappa shape index (κ3) is 5.50. The molecule has 0 saturated heterocycles. The van der Waals surface area contributed by atoms with Gasteiger partial charge in [-0.05, 0) is 18.4 Å². The van der Waals surface area contributed by atoms with Crippen molar-refractivity contribution in [2.75, 3.05) is 17.8 Å². The Labute approximate surface area is 136 Å². The Morgan fingerprint density at radius 2 is 1.95 bits per heavy atom. The van der Waals surface area contributed by atoms with Crippen LogP contribution in [-0.2, 0) is 16.3 Å². The number of nitrogens with zero attached hydrogens (tertiary/aromatic N) is 1. The first-order valence-corrected chi connectivity index (χ1v) is 10.3. The third-order valence-electron chi connectivity index (χ3n) is 3.27. The first-order chi connectivity index (χ1) is 10.3. The Morgan fingerprint density at radius 3 is 2.59 bits per heavy atom. The predicted molar refractivity (Wildman–Crippen MR) is 92.2 cm³/mol. The van der Waals surface area contributed by atoms with Gasteiger partial charge in [0, 0.05) is 24.1 Å². The van der Waals surface area contributed by atoms with Crippen molar-refractivity contribution in [3.05, 3.63) is 47.3 Å². The van der Waals surface area contributed by atoms with Crippen molar-refractivity contribution in [1.29, 1.82) is 0 Å². The standard InChI is InChI=1S/C16H22N2O2S2/c1-12(11-22(3,19)20)10-21-16-17-13(2)15(18-16)9-14-7-5-4-6-8-14/h4-8,12H,9-11H2,1-3H3,(H,17,18). The van der Waals surface area contributed by atoms with E-state index in [9.17, 15) is 8.42 Å². The summed E-state index contributed by atoms with van der Waals surface area (Å²) in [5, 5.41) is 0.865. The van der Waals surface area contributed by atoms with E-state index in [0.29, 0.717) is 0 Å². The molecule has 0 bridgehead atoms. The zero-order valence-corrected chi connectivity index (χ0v) is 14.8. The summed E-state index contributed by atoms with van der Waals surface area (Å²) >= 11 is 1.58. The van der Waals surface area contributed by atoms with E-state index in [-0.39, 0.29) is 11.7 Å². The van der Waals surface area contributed by atoms with Crippen LogP contribution in [-0.4, -0.2) is 36.1 Å². The van der Waals surface area contributed by atoms with Crippen LogP contribution in [0.2, 0.25) is 0 Å². The number of nitrogens with one attached hydrogen (secondary N) is 1. The average molecular weight is 338 g/mol. The minimum atomic E-state index is -2.92. The molecule has 0 aliphatic carbocycles. The molecule has 0 saturated carbocycles. The second-order valence-electron chi connectivity index (χ2n) is 5.78. The number of aryl methyl sites for hydroxylation is 1. The number of hydrogen-bond acceptors (Lipinski definition) is 4. The molecule has 1 atom stereocenters. The molecule has 4 nitrogen and oxygen atoms in total. The van der Waals surface area contributed by atoms with Gasteiger partial charge in [0.1, 0.15) is 9.84 Å². The number of sulfone groups is 1. The maximum Gasteiger partial charge on any atom is 0.165 e. The summed E-state index contributed by atoms with van der Waals surface area (Å²) in [6, 6.07) is 10.2. The second-order valence-corrected chi connectivity index (χ2v) is 8.98. The average Bonchev–Trinajstić information content (AvgIpc) is 2.76. The van der Waals surface area contributed by atoms with Crippen LogP contribution in [0.5, 0.6) is 0 Å². The lowest BCUT2D eigenvalue weighted by atomic mass is 10.1. The lowest BCUT2D eigenvalue weighted by Gasteiger charge is -2.07. The van der Waals surface area contributed by atoms with E-state index in [0.717, 1.165) is 28.7 Å². The molecule has 0 radical (unpaired) electrons. The molecule has 1 heterocycles. The number of aromatic amines is 1. The zero-order valence-electron chi connectivity index (χ0n) is 13.2. The summed E-state index contributed by atoms with van der Waals surface area (Å²) in [6.07, 6.45) is 2.09. The minimum Gasteiger partial charge on any atom is -0.337 e. The minimum absolute atomic E-state index is 0.114. The molecular weight excluding hydrogens is 316 g/mol. The number of rotatable bonds is 7. The smallest absolute Gasteiger partial charge is 0.165 e. The summed E-state index contributed by atoms with van der Waals surface area (Å²) in [6.45, 7) is 3.98. The van der Waals surface area contributed by atoms with Crippen molar-refractivity contribution in [2.45, 2.75) is 25.4 Å². The summed E-state index contributed by atoms with van der Waals surface area (Å²) in [7, 11) is -2.92. The quantitative estimate of drug-likeness (QED) is 0.788. The van der Waals surface area contributed by atoms with Gasteiger partial charge in [-0.25, -0.2) is 13.4 Å². The summed E-state index contributed by atoms with van der Waals surface area (Å²) < 4.78 is 22.6. The topological polar surface area (TPSA) is 62.8 Å². The fourth-order valence-corrected chi connectivity index (χ4v) is 4.54. The molecular formula is C16H22N2O2S2. The molecule has 22 heavy (non-hydrogen) atoms. The molecule has 2 aromatic rings. The Morgan fingerprint density at radius 1 is 1.27 bits per heavy atom. The molecule has 2 rings (SSSR count). The lowest BCUT2D eigenvalue weighted by Crippen LogP contribution is -2.13. The van der Waals surface area contributed by atoms with Crippen molar-refractivity contribution >= 4 is 21.6 Å². The molecule has 0 aliphatic rings. The highest BCUT2D eigenvalue weighted by molar-refractivity contribution is 7.99. The summed E-state index contributed by atoms with van der Waals surface area (Å²) in [5.41, 5.74) is 3.35. The summed E-state index contributed by atoms with van der Waals surface area (Å²) in [4.78, 5) is 7.92. The van der Waals surface area contributed by atoms with Gasteiger partial charge in [-0.2, -0.15) is 0 Å². The third-order valence-corrected chi connectivity index (χ3v) is 5.65. The number of thioether (sulfide) groups is 1. The molecule has 1 N–H and O–H groups in total. The molecule has 0 spiro atoms. The van der Waals surface area contributed by atoms with Gasteiger partial charge in [-0.15, -0.1) is 0 Å². The first-order valence-electron chi connectivity index (χ1n) is 7.23. The van der Waals surface area contributed by atoms with Gasteiger partial charge in [-0.3, -0.25) is 0 Å². The van der Waals surface area contributed by atoms with Gasteiger partial charge in [0.2, 0.25) is 0 Å². The highest BCUT2D eigenvalue weighted by Crippen LogP contribution is 2.21. The second kappa shape index (κ2) is 7.33. The fourth-order valence-electron chi connectivity index (χ4n) is 2.28. The van der Waals surface area contributed by atoms with E-state index in [4.69, 9.17) is 0 Å². The Hall–Kier alpha value is -1.27. The van der Waals surface area contributed by atoms with Gasteiger partial charge >= 0.3 is 0 Å². The van der Waals surface area contributed by atoms with E-state index in [1.54, 1.807) is 11.8 Å². The maximum atomic E-state index is 11.3. The molecule has 1 unspecified atom stereocenters. The highest BCUT2D eigenvalue weighted by Gasteiger charge is 2.13. The van der Waals surface area contributed by atoms with Gasteiger partial charge in [0.15, 0.2) is 5.16 Å². The number of aromatic nitrogens is 2. The molecule has 0 aliphatic heterocycles. The van der Waals surface area contributed by atoms with Crippen molar-refractivity contribution in [1.82, 2.24) is 9.97 Å². The van der Waals surface area contributed by atoms with Crippen LogP contribution in [0, 0.1) is 12.8 Å². The molecule has 0 amide bonds. The highest BCUT2D eigenvalue weighted by atomic mass is 32.2. The van der Waals surface area contributed by atoms with E-state index >= 15 is 0 Å². The normalized spacial score (nSPS) is 13.2. The van der Waals surface area contributed by atoms with Gasteiger partial charge < -0.3 is 4.98 Å². The molecule has 0 fully saturated rings. The van der Waals surface area contributed by atoms with E-state index in [1.165, 1.54) is 11.8 Å². The van der Waals surface area contributed by atoms with Gasteiger partial charge in [-0.1, -0.05) is 49.0 Å². The number of H-pyrrole nitrogens is 1. The Kier molecular flexibility index (Phi) is 5.69. The molecule has 1 aromatic carbocycles. The fraction of sp³-hybridized carbons (Fsp3) is 0.438. The van der Waals surface area contributed by atoms with Crippen LogP contribution < -0.4 is 0 Å². The van der Waals surface area contributed by atoms with E-state index in [2.05, 4.69) is 22.1 Å².